The van der Waals surface area contributed by atoms with Crippen molar-refractivity contribution in [2.75, 3.05) is 38.6 Å². The fourth-order valence-corrected chi connectivity index (χ4v) is 2.82. The van der Waals surface area contributed by atoms with E-state index in [0.29, 0.717) is 13.2 Å². The standard InChI is InChI=1S/C17H25N3O3.ClH/c1-11-7-12(2)16(13(3)8-11)19-15(21)10-20(4)17(22)14-9-18-5-6-23-14;/h7-8,14,18H,5-6,9-10H2,1-4H3,(H,19,21);1H. The number of rotatable bonds is 4. The number of ether oxygens (including phenoxy) is 1. The molecule has 1 heterocycles. The molecule has 24 heavy (non-hydrogen) atoms. The molecule has 0 aromatic heterocycles. The van der Waals surface area contributed by atoms with Gasteiger partial charge in [-0.1, -0.05) is 17.7 Å². The summed E-state index contributed by atoms with van der Waals surface area (Å²) in [6.07, 6.45) is -0.510. The number of amides is 2. The lowest BCUT2D eigenvalue weighted by molar-refractivity contribution is -0.145. The monoisotopic (exact) mass is 355 g/mol. The van der Waals surface area contributed by atoms with Gasteiger partial charge in [-0.25, -0.2) is 0 Å². The summed E-state index contributed by atoms with van der Waals surface area (Å²) in [6, 6.07) is 4.05. The van der Waals surface area contributed by atoms with Crippen LogP contribution >= 0.6 is 12.4 Å². The van der Waals surface area contributed by atoms with E-state index in [1.165, 1.54) is 4.90 Å². The van der Waals surface area contributed by atoms with Crippen LogP contribution in [0.1, 0.15) is 16.7 Å². The molecule has 2 rings (SSSR count). The van der Waals surface area contributed by atoms with Crippen molar-refractivity contribution in [2.45, 2.75) is 26.9 Å². The minimum Gasteiger partial charge on any atom is -0.366 e. The molecule has 1 aromatic carbocycles. The van der Waals surface area contributed by atoms with Gasteiger partial charge in [-0.2, -0.15) is 0 Å². The van der Waals surface area contributed by atoms with Crippen LogP contribution in [0.2, 0.25) is 0 Å². The third kappa shape index (κ3) is 5.19. The van der Waals surface area contributed by atoms with Crippen LogP contribution in [-0.2, 0) is 14.3 Å². The predicted molar refractivity (Wildman–Crippen MR) is 96.8 cm³/mol. The second-order valence-corrected chi connectivity index (χ2v) is 6.08. The number of carbonyl (C=O) groups is 2. The van der Waals surface area contributed by atoms with Crippen molar-refractivity contribution in [1.29, 1.82) is 0 Å². The smallest absolute Gasteiger partial charge is 0.253 e. The van der Waals surface area contributed by atoms with Gasteiger partial charge < -0.3 is 20.3 Å². The van der Waals surface area contributed by atoms with Crippen molar-refractivity contribution in [1.82, 2.24) is 10.2 Å². The first-order valence-corrected chi connectivity index (χ1v) is 7.83. The van der Waals surface area contributed by atoms with Crippen LogP contribution in [0.15, 0.2) is 12.1 Å². The molecule has 0 spiro atoms. The Labute approximate surface area is 149 Å². The first kappa shape index (κ1) is 20.4. The number of anilines is 1. The molecule has 0 aliphatic carbocycles. The van der Waals surface area contributed by atoms with Gasteiger partial charge in [0.1, 0.15) is 6.10 Å². The number of carbonyl (C=O) groups excluding carboxylic acids is 2. The Morgan fingerprint density at radius 1 is 1.29 bits per heavy atom. The molecule has 2 amide bonds. The number of hydrogen-bond acceptors (Lipinski definition) is 4. The molecule has 1 saturated heterocycles. The molecule has 0 bridgehead atoms. The molecule has 0 saturated carbocycles. The number of nitrogens with one attached hydrogen (secondary N) is 2. The second-order valence-electron chi connectivity index (χ2n) is 6.08. The molecule has 1 fully saturated rings. The Bertz CT molecular complexity index is 578. The number of halogens is 1. The van der Waals surface area contributed by atoms with Gasteiger partial charge in [-0.05, 0) is 31.9 Å². The number of morpholine rings is 1. The van der Waals surface area contributed by atoms with Crippen LogP contribution in [0.25, 0.3) is 0 Å². The van der Waals surface area contributed by atoms with E-state index in [4.69, 9.17) is 4.74 Å². The quantitative estimate of drug-likeness (QED) is 0.857. The second kappa shape index (κ2) is 9.01. The van der Waals surface area contributed by atoms with Gasteiger partial charge in [0.2, 0.25) is 5.91 Å². The summed E-state index contributed by atoms with van der Waals surface area (Å²) in [5.41, 5.74) is 4.01. The first-order chi connectivity index (χ1) is 10.9. The topological polar surface area (TPSA) is 70.7 Å². The van der Waals surface area contributed by atoms with Crippen LogP contribution < -0.4 is 10.6 Å². The van der Waals surface area contributed by atoms with Crippen molar-refractivity contribution in [3.63, 3.8) is 0 Å². The molecule has 1 aliphatic rings. The van der Waals surface area contributed by atoms with Crippen molar-refractivity contribution < 1.29 is 14.3 Å². The molecule has 1 atom stereocenters. The van der Waals surface area contributed by atoms with Gasteiger partial charge in [0.25, 0.3) is 5.91 Å². The highest BCUT2D eigenvalue weighted by Crippen LogP contribution is 2.21. The predicted octanol–water partition coefficient (Wildman–Crippen LogP) is 1.42. The average molecular weight is 356 g/mol. The zero-order valence-electron chi connectivity index (χ0n) is 14.6. The number of benzene rings is 1. The lowest BCUT2D eigenvalue weighted by atomic mass is 10.1. The molecule has 7 heteroatoms. The molecular formula is C17H26ClN3O3. The molecule has 0 radical (unpaired) electrons. The minimum atomic E-state index is -0.510. The zero-order valence-corrected chi connectivity index (χ0v) is 15.5. The fraction of sp³-hybridized carbons (Fsp3) is 0.529. The summed E-state index contributed by atoms with van der Waals surface area (Å²) in [5.74, 6) is -0.385. The average Bonchev–Trinajstić information content (AvgIpc) is 2.51. The van der Waals surface area contributed by atoms with Gasteiger partial charge in [0, 0.05) is 25.8 Å². The molecule has 6 nitrogen and oxygen atoms in total. The lowest BCUT2D eigenvalue weighted by Gasteiger charge is -2.27. The zero-order chi connectivity index (χ0) is 17.0. The summed E-state index contributed by atoms with van der Waals surface area (Å²) < 4.78 is 5.43. The van der Waals surface area contributed by atoms with Crippen LogP contribution in [0, 0.1) is 20.8 Å². The largest absolute Gasteiger partial charge is 0.366 e. The van der Waals surface area contributed by atoms with Gasteiger partial charge >= 0.3 is 0 Å². The number of aryl methyl sites for hydroxylation is 3. The van der Waals surface area contributed by atoms with E-state index in [0.717, 1.165) is 28.9 Å². The highest BCUT2D eigenvalue weighted by atomic mass is 35.5. The summed E-state index contributed by atoms with van der Waals surface area (Å²) in [5, 5.41) is 6.02. The highest BCUT2D eigenvalue weighted by molar-refractivity contribution is 5.96. The maximum atomic E-state index is 12.2. The third-order valence-corrected chi connectivity index (χ3v) is 3.90. The Morgan fingerprint density at radius 3 is 2.46 bits per heavy atom. The van der Waals surface area contributed by atoms with Gasteiger partial charge in [-0.15, -0.1) is 12.4 Å². The van der Waals surface area contributed by atoms with E-state index in [-0.39, 0.29) is 30.8 Å². The fourth-order valence-electron chi connectivity index (χ4n) is 2.82. The maximum absolute atomic E-state index is 12.2. The highest BCUT2D eigenvalue weighted by Gasteiger charge is 2.26. The molecule has 1 unspecified atom stereocenters. The van der Waals surface area contributed by atoms with Crippen LogP contribution in [0.4, 0.5) is 5.69 Å². The van der Waals surface area contributed by atoms with E-state index in [9.17, 15) is 9.59 Å². The van der Waals surface area contributed by atoms with Crippen LogP contribution in [-0.4, -0.2) is 56.1 Å². The molecular weight excluding hydrogens is 330 g/mol. The first-order valence-electron chi connectivity index (χ1n) is 7.83. The molecule has 1 aromatic rings. The Balaban J connectivity index is 0.00000288. The maximum Gasteiger partial charge on any atom is 0.253 e. The van der Waals surface area contributed by atoms with Gasteiger partial charge in [-0.3, -0.25) is 9.59 Å². The molecule has 2 N–H and O–H groups in total. The van der Waals surface area contributed by atoms with E-state index in [2.05, 4.69) is 10.6 Å². The van der Waals surface area contributed by atoms with Crippen molar-refractivity contribution in [3.8, 4) is 0 Å². The third-order valence-electron chi connectivity index (χ3n) is 3.90. The molecule has 1 aliphatic heterocycles. The summed E-state index contributed by atoms with van der Waals surface area (Å²) >= 11 is 0. The number of likely N-dealkylation sites (N-methyl/N-ethyl adjacent to an activating group) is 1. The van der Waals surface area contributed by atoms with E-state index < -0.39 is 6.10 Å². The summed E-state index contributed by atoms with van der Waals surface area (Å²) in [7, 11) is 1.62. The number of nitrogens with zero attached hydrogens (tertiary/aromatic N) is 1. The normalized spacial score (nSPS) is 16.9. The van der Waals surface area contributed by atoms with E-state index in [1.54, 1.807) is 7.05 Å². The van der Waals surface area contributed by atoms with Crippen molar-refractivity contribution in [3.05, 3.63) is 28.8 Å². The van der Waals surface area contributed by atoms with Gasteiger partial charge in [0.05, 0.1) is 13.2 Å². The lowest BCUT2D eigenvalue weighted by Crippen LogP contribution is -2.49. The van der Waals surface area contributed by atoms with Crippen LogP contribution in [0.5, 0.6) is 0 Å². The minimum absolute atomic E-state index is 0. The number of hydrogen-bond donors (Lipinski definition) is 2. The van der Waals surface area contributed by atoms with Crippen molar-refractivity contribution in [2.24, 2.45) is 0 Å². The summed E-state index contributed by atoms with van der Waals surface area (Å²) in [6.45, 7) is 7.71. The van der Waals surface area contributed by atoms with E-state index >= 15 is 0 Å². The Kier molecular flexibility index (Phi) is 7.66. The summed E-state index contributed by atoms with van der Waals surface area (Å²) in [4.78, 5) is 25.9. The van der Waals surface area contributed by atoms with Gasteiger partial charge in [0.15, 0.2) is 0 Å². The Hall–Kier alpha value is -1.63. The Morgan fingerprint density at radius 2 is 1.92 bits per heavy atom. The van der Waals surface area contributed by atoms with Crippen molar-refractivity contribution >= 4 is 29.9 Å². The molecule has 134 valence electrons. The van der Waals surface area contributed by atoms with E-state index in [1.807, 2.05) is 32.9 Å². The SMILES string of the molecule is Cc1cc(C)c(NC(=O)CN(C)C(=O)C2CNCCO2)c(C)c1.Cl. The van der Waals surface area contributed by atoms with Crippen LogP contribution in [0.3, 0.4) is 0 Å².